The lowest BCUT2D eigenvalue weighted by atomic mass is 10.0. The van der Waals surface area contributed by atoms with E-state index in [2.05, 4.69) is 13.8 Å². The van der Waals surface area contributed by atoms with Crippen molar-refractivity contribution in [3.05, 3.63) is 12.2 Å². The second-order valence-corrected chi connectivity index (χ2v) is 9.08. The van der Waals surface area contributed by atoms with E-state index in [9.17, 15) is 4.79 Å². The van der Waals surface area contributed by atoms with Gasteiger partial charge in [-0.25, -0.2) is 4.79 Å². The first-order valence-electron chi connectivity index (χ1n) is 13.6. The fourth-order valence-electron chi connectivity index (χ4n) is 3.92. The molecule has 0 saturated heterocycles. The highest BCUT2D eigenvalue weighted by Crippen LogP contribution is 2.13. The van der Waals surface area contributed by atoms with Crippen LogP contribution in [0.2, 0.25) is 0 Å². The lowest BCUT2D eigenvalue weighted by Gasteiger charge is -2.03. The molecule has 0 bridgehead atoms. The fraction of sp³-hybridized carbons (Fsp3) is 0.893. The van der Waals surface area contributed by atoms with Gasteiger partial charge in [0, 0.05) is 6.08 Å². The first-order chi connectivity index (χ1) is 14.8. The quantitative estimate of drug-likeness (QED) is 0.0878. The first-order valence-corrected chi connectivity index (χ1v) is 13.6. The van der Waals surface area contributed by atoms with E-state index in [1.807, 2.05) is 6.08 Å². The Morgan fingerprint density at radius 3 is 1.33 bits per heavy atom. The molecule has 0 fully saturated rings. The van der Waals surface area contributed by atoms with Gasteiger partial charge in [0.05, 0.1) is 6.61 Å². The normalized spacial score (nSPS) is 11.4. The van der Waals surface area contributed by atoms with Gasteiger partial charge >= 0.3 is 5.97 Å². The van der Waals surface area contributed by atoms with Gasteiger partial charge in [-0.2, -0.15) is 0 Å². The molecular weight excluding hydrogens is 368 g/mol. The zero-order valence-electron chi connectivity index (χ0n) is 20.7. The number of ether oxygens (including phenoxy) is 1. The zero-order chi connectivity index (χ0) is 22.0. The topological polar surface area (TPSA) is 26.3 Å². The van der Waals surface area contributed by atoms with Gasteiger partial charge in [-0.3, -0.25) is 0 Å². The van der Waals surface area contributed by atoms with Crippen LogP contribution in [0.3, 0.4) is 0 Å². The summed E-state index contributed by atoms with van der Waals surface area (Å²) in [6, 6.07) is 0. The molecule has 0 amide bonds. The van der Waals surface area contributed by atoms with Crippen molar-refractivity contribution in [2.24, 2.45) is 0 Å². The summed E-state index contributed by atoms with van der Waals surface area (Å²) in [6.45, 7) is 5.11. The third-order valence-corrected chi connectivity index (χ3v) is 5.97. The van der Waals surface area contributed by atoms with Crippen molar-refractivity contribution in [3.8, 4) is 0 Å². The van der Waals surface area contributed by atoms with Crippen molar-refractivity contribution in [2.45, 2.75) is 155 Å². The Hall–Kier alpha value is -0.790. The van der Waals surface area contributed by atoms with Gasteiger partial charge in [-0.1, -0.05) is 142 Å². The van der Waals surface area contributed by atoms with Gasteiger partial charge in [0.25, 0.3) is 0 Å². The molecule has 0 N–H and O–H groups in total. The highest BCUT2D eigenvalue weighted by molar-refractivity contribution is 5.81. The van der Waals surface area contributed by atoms with Crippen molar-refractivity contribution in [3.63, 3.8) is 0 Å². The Morgan fingerprint density at radius 1 is 0.533 bits per heavy atom. The summed E-state index contributed by atoms with van der Waals surface area (Å²) < 4.78 is 5.28. The SMILES string of the molecule is CCCCCCCCCCCCCCCC=CC(=O)OCCCCCCCCCC. The molecule has 0 aliphatic heterocycles. The number of hydrogen-bond donors (Lipinski definition) is 0. The Bertz CT molecular complexity index is 362. The summed E-state index contributed by atoms with van der Waals surface area (Å²) in [5.74, 6) is -0.160. The molecule has 0 saturated carbocycles. The zero-order valence-corrected chi connectivity index (χ0v) is 20.7. The average molecular weight is 423 g/mol. The maximum absolute atomic E-state index is 11.7. The van der Waals surface area contributed by atoms with Crippen LogP contribution < -0.4 is 0 Å². The van der Waals surface area contributed by atoms with Crippen molar-refractivity contribution >= 4 is 5.97 Å². The predicted octanol–water partition coefficient (Wildman–Crippen LogP) is 9.71. The maximum Gasteiger partial charge on any atom is 0.330 e. The monoisotopic (exact) mass is 422 g/mol. The molecule has 0 unspecified atom stereocenters. The summed E-state index contributed by atoms with van der Waals surface area (Å²) >= 11 is 0. The summed E-state index contributed by atoms with van der Waals surface area (Å²) in [5, 5.41) is 0. The molecule has 0 heterocycles. The third-order valence-electron chi connectivity index (χ3n) is 5.97. The first kappa shape index (κ1) is 29.2. The minimum Gasteiger partial charge on any atom is -0.463 e. The number of esters is 1. The molecule has 0 radical (unpaired) electrons. The van der Waals surface area contributed by atoms with Crippen molar-refractivity contribution in [2.75, 3.05) is 6.61 Å². The second kappa shape index (κ2) is 26.2. The van der Waals surface area contributed by atoms with Gasteiger partial charge in [-0.05, 0) is 19.3 Å². The van der Waals surface area contributed by atoms with Crippen molar-refractivity contribution in [1.82, 2.24) is 0 Å². The molecule has 0 aliphatic carbocycles. The molecule has 0 rings (SSSR count). The van der Waals surface area contributed by atoms with Gasteiger partial charge in [0.1, 0.15) is 0 Å². The number of rotatable bonds is 24. The minimum atomic E-state index is -0.160. The summed E-state index contributed by atoms with van der Waals surface area (Å²) in [5.41, 5.74) is 0. The van der Waals surface area contributed by atoms with Crippen LogP contribution in [0.25, 0.3) is 0 Å². The Morgan fingerprint density at radius 2 is 0.900 bits per heavy atom. The second-order valence-electron chi connectivity index (χ2n) is 9.08. The van der Waals surface area contributed by atoms with E-state index in [-0.39, 0.29) is 5.97 Å². The van der Waals surface area contributed by atoms with Gasteiger partial charge in [0.2, 0.25) is 0 Å². The summed E-state index contributed by atoms with van der Waals surface area (Å²) in [7, 11) is 0. The number of carbonyl (C=O) groups is 1. The van der Waals surface area contributed by atoms with Crippen molar-refractivity contribution in [1.29, 1.82) is 0 Å². The Balaban J connectivity index is 3.22. The lowest BCUT2D eigenvalue weighted by Crippen LogP contribution is -2.02. The van der Waals surface area contributed by atoms with E-state index in [0.717, 1.165) is 12.8 Å². The summed E-state index contributed by atoms with van der Waals surface area (Å²) in [6.07, 6.45) is 32.8. The van der Waals surface area contributed by atoms with E-state index < -0.39 is 0 Å². The number of hydrogen-bond acceptors (Lipinski definition) is 2. The molecule has 0 spiro atoms. The lowest BCUT2D eigenvalue weighted by molar-refractivity contribution is -0.137. The highest BCUT2D eigenvalue weighted by atomic mass is 16.5. The fourth-order valence-corrected chi connectivity index (χ4v) is 3.92. The number of carbonyl (C=O) groups excluding carboxylic acids is 1. The maximum atomic E-state index is 11.7. The minimum absolute atomic E-state index is 0.160. The van der Waals surface area contributed by atoms with E-state index in [1.165, 1.54) is 128 Å². The molecule has 178 valence electrons. The average Bonchev–Trinajstić information content (AvgIpc) is 2.75. The molecule has 0 atom stereocenters. The standard InChI is InChI=1S/C28H54O2/c1-3-5-7-9-11-13-14-15-16-17-18-19-20-22-24-26-28(29)30-27-25-23-21-12-10-8-6-4-2/h24,26H,3-23,25,27H2,1-2H3. The van der Waals surface area contributed by atoms with Gasteiger partial charge < -0.3 is 4.74 Å². The van der Waals surface area contributed by atoms with Crippen molar-refractivity contribution < 1.29 is 9.53 Å². The highest BCUT2D eigenvalue weighted by Gasteiger charge is 1.97. The van der Waals surface area contributed by atoms with Crippen LogP contribution in [0.15, 0.2) is 12.2 Å². The Labute approximate surface area is 189 Å². The molecule has 0 aromatic rings. The predicted molar refractivity (Wildman–Crippen MR) is 133 cm³/mol. The van der Waals surface area contributed by atoms with Crippen LogP contribution in [0, 0.1) is 0 Å². The van der Waals surface area contributed by atoms with Crippen LogP contribution in [0.5, 0.6) is 0 Å². The molecule has 2 heteroatoms. The third kappa shape index (κ3) is 25.2. The van der Waals surface area contributed by atoms with Crippen LogP contribution in [0.1, 0.15) is 155 Å². The van der Waals surface area contributed by atoms with Crippen LogP contribution in [0.4, 0.5) is 0 Å². The van der Waals surface area contributed by atoms with E-state index in [1.54, 1.807) is 6.08 Å². The Kier molecular flexibility index (Phi) is 25.6. The van der Waals surface area contributed by atoms with E-state index in [0.29, 0.717) is 6.61 Å². The smallest absolute Gasteiger partial charge is 0.330 e. The van der Waals surface area contributed by atoms with Gasteiger partial charge in [0.15, 0.2) is 0 Å². The van der Waals surface area contributed by atoms with E-state index >= 15 is 0 Å². The molecular formula is C28H54O2. The molecule has 0 aromatic heterocycles. The van der Waals surface area contributed by atoms with Crippen LogP contribution >= 0.6 is 0 Å². The molecule has 2 nitrogen and oxygen atoms in total. The number of allylic oxidation sites excluding steroid dienone is 1. The summed E-state index contributed by atoms with van der Waals surface area (Å²) in [4.78, 5) is 11.7. The molecule has 30 heavy (non-hydrogen) atoms. The van der Waals surface area contributed by atoms with Crippen LogP contribution in [-0.4, -0.2) is 12.6 Å². The van der Waals surface area contributed by atoms with Gasteiger partial charge in [-0.15, -0.1) is 0 Å². The molecule has 0 aromatic carbocycles. The molecule has 0 aliphatic rings. The largest absolute Gasteiger partial charge is 0.463 e. The number of unbranched alkanes of at least 4 members (excludes halogenated alkanes) is 20. The van der Waals surface area contributed by atoms with E-state index in [4.69, 9.17) is 4.74 Å². The van der Waals surface area contributed by atoms with Crippen LogP contribution in [-0.2, 0) is 9.53 Å².